The molecule has 2 nitrogen and oxygen atoms in total. The third-order valence-electron chi connectivity index (χ3n) is 11.7. The molecule has 2 heteroatoms. The average Bonchev–Trinajstić information content (AvgIpc) is 3.72. The minimum Gasteiger partial charge on any atom is -0.454 e. The molecule has 0 atom stereocenters. The van der Waals surface area contributed by atoms with Crippen LogP contribution in [0.4, 0.5) is 17.1 Å². The first-order chi connectivity index (χ1) is 29.7. The van der Waals surface area contributed by atoms with Crippen LogP contribution in [0.3, 0.4) is 0 Å². The fourth-order valence-electron chi connectivity index (χ4n) is 8.61. The summed E-state index contributed by atoms with van der Waals surface area (Å²) in [4.78, 5) is 2.35. The van der Waals surface area contributed by atoms with Crippen LogP contribution in [0.2, 0.25) is 0 Å². The Morgan fingerprint density at radius 3 is 1.53 bits per heavy atom. The Balaban J connectivity index is 0.956. The number of para-hydroxylation sites is 3. The molecular formula is C58H39NO. The molecule has 0 saturated heterocycles. The molecule has 0 bridgehead atoms. The maximum absolute atomic E-state index is 6.67. The van der Waals surface area contributed by atoms with Gasteiger partial charge in [-0.25, -0.2) is 0 Å². The minimum absolute atomic E-state index is 0.859. The highest BCUT2D eigenvalue weighted by atomic mass is 16.3. The predicted octanol–water partition coefficient (Wildman–Crippen LogP) is 16.5. The summed E-state index contributed by atoms with van der Waals surface area (Å²) >= 11 is 0. The van der Waals surface area contributed by atoms with E-state index in [1.807, 2.05) is 12.1 Å². The van der Waals surface area contributed by atoms with Gasteiger partial charge < -0.3 is 9.32 Å². The van der Waals surface area contributed by atoms with Crippen LogP contribution in [-0.4, -0.2) is 0 Å². The molecule has 0 aliphatic carbocycles. The van der Waals surface area contributed by atoms with Crippen LogP contribution in [0.25, 0.3) is 88.3 Å². The summed E-state index contributed by atoms with van der Waals surface area (Å²) in [6, 6.07) is 84.8. The van der Waals surface area contributed by atoms with E-state index in [1.165, 1.54) is 49.7 Å². The van der Waals surface area contributed by atoms with Gasteiger partial charge >= 0.3 is 0 Å². The summed E-state index contributed by atoms with van der Waals surface area (Å²) in [5.41, 5.74) is 16.7. The van der Waals surface area contributed by atoms with Gasteiger partial charge in [-0.1, -0.05) is 194 Å². The molecule has 0 aliphatic rings. The summed E-state index contributed by atoms with van der Waals surface area (Å²) in [6.45, 7) is 0. The van der Waals surface area contributed by atoms with Gasteiger partial charge in [-0.05, 0) is 103 Å². The second-order valence-electron chi connectivity index (χ2n) is 15.3. The van der Waals surface area contributed by atoms with Gasteiger partial charge in [0.05, 0.1) is 11.4 Å². The van der Waals surface area contributed by atoms with E-state index < -0.39 is 0 Å². The number of furan rings is 1. The number of anilines is 3. The van der Waals surface area contributed by atoms with Crippen LogP contribution in [0.5, 0.6) is 0 Å². The molecular weight excluding hydrogens is 727 g/mol. The van der Waals surface area contributed by atoms with Crippen molar-refractivity contribution in [3.63, 3.8) is 0 Å². The molecule has 282 valence electrons. The van der Waals surface area contributed by atoms with E-state index in [-0.39, 0.29) is 0 Å². The predicted molar refractivity (Wildman–Crippen MR) is 253 cm³/mol. The molecule has 1 heterocycles. The number of fused-ring (bicyclic) bond motifs is 4. The fraction of sp³-hybridized carbons (Fsp3) is 0. The van der Waals surface area contributed by atoms with Crippen molar-refractivity contribution in [2.24, 2.45) is 0 Å². The highest BCUT2D eigenvalue weighted by Gasteiger charge is 2.22. The lowest BCUT2D eigenvalue weighted by Gasteiger charge is -2.28. The standard InChI is InChI=1S/C58H39NO/c1-2-12-40(13-3-1)42-28-31-46(32-29-42)52-18-6-8-21-55(52)59(56-22-11-20-54-53-19-7-9-23-57(53)60-58(54)56)51-36-34-44(35-37-51)43-24-26-45(27-25-43)48-16-10-17-49(38-48)50-33-30-41-14-4-5-15-47(41)39-50/h1-39H. The Labute approximate surface area is 349 Å². The zero-order valence-electron chi connectivity index (χ0n) is 32.9. The molecule has 0 saturated carbocycles. The molecule has 0 fully saturated rings. The summed E-state index contributed by atoms with van der Waals surface area (Å²) < 4.78 is 6.67. The van der Waals surface area contributed by atoms with E-state index in [4.69, 9.17) is 4.42 Å². The van der Waals surface area contributed by atoms with E-state index in [9.17, 15) is 0 Å². The Bertz CT molecular complexity index is 3290. The second kappa shape index (κ2) is 15.1. The lowest BCUT2D eigenvalue weighted by atomic mass is 9.96. The fourth-order valence-corrected chi connectivity index (χ4v) is 8.61. The van der Waals surface area contributed by atoms with Gasteiger partial charge in [0, 0.05) is 22.0 Å². The van der Waals surface area contributed by atoms with Crippen molar-refractivity contribution >= 4 is 49.8 Å². The van der Waals surface area contributed by atoms with Gasteiger partial charge in [-0.2, -0.15) is 0 Å². The van der Waals surface area contributed by atoms with Crippen LogP contribution in [0.1, 0.15) is 0 Å². The number of hydrogen-bond acceptors (Lipinski definition) is 2. The first-order valence-corrected chi connectivity index (χ1v) is 20.5. The second-order valence-corrected chi connectivity index (χ2v) is 15.3. The summed E-state index contributed by atoms with van der Waals surface area (Å²) in [5, 5.41) is 4.71. The quantitative estimate of drug-likeness (QED) is 0.153. The first kappa shape index (κ1) is 35.2. The van der Waals surface area contributed by atoms with Gasteiger partial charge in [0.15, 0.2) is 5.58 Å². The Hall–Kier alpha value is -7.94. The molecule has 11 rings (SSSR count). The number of benzene rings is 10. The topological polar surface area (TPSA) is 16.4 Å². The Morgan fingerprint density at radius 1 is 0.283 bits per heavy atom. The van der Waals surface area contributed by atoms with E-state index in [0.29, 0.717) is 0 Å². The molecule has 11 aromatic rings. The van der Waals surface area contributed by atoms with Crippen molar-refractivity contribution in [2.45, 2.75) is 0 Å². The zero-order chi connectivity index (χ0) is 39.8. The van der Waals surface area contributed by atoms with Crippen molar-refractivity contribution in [3.8, 4) is 55.6 Å². The normalized spacial score (nSPS) is 11.3. The molecule has 0 unspecified atom stereocenters. The van der Waals surface area contributed by atoms with Crippen molar-refractivity contribution in [3.05, 3.63) is 237 Å². The monoisotopic (exact) mass is 765 g/mol. The molecule has 60 heavy (non-hydrogen) atoms. The third-order valence-corrected chi connectivity index (χ3v) is 11.7. The lowest BCUT2D eigenvalue weighted by molar-refractivity contribution is 0.669. The largest absolute Gasteiger partial charge is 0.454 e. The molecule has 0 spiro atoms. The number of hydrogen-bond donors (Lipinski definition) is 0. The lowest BCUT2D eigenvalue weighted by Crippen LogP contribution is -2.11. The van der Waals surface area contributed by atoms with Crippen molar-refractivity contribution in [1.29, 1.82) is 0 Å². The molecule has 0 radical (unpaired) electrons. The van der Waals surface area contributed by atoms with Gasteiger partial charge in [0.1, 0.15) is 5.58 Å². The highest BCUT2D eigenvalue weighted by Crippen LogP contribution is 2.46. The molecule has 0 amide bonds. The number of nitrogens with zero attached hydrogens (tertiary/aromatic N) is 1. The summed E-state index contributed by atoms with van der Waals surface area (Å²) in [7, 11) is 0. The smallest absolute Gasteiger partial charge is 0.159 e. The molecule has 1 aromatic heterocycles. The van der Waals surface area contributed by atoms with E-state index in [0.717, 1.165) is 55.7 Å². The maximum Gasteiger partial charge on any atom is 0.159 e. The SMILES string of the molecule is c1ccc(-c2ccc(-c3ccccc3N(c3ccc(-c4ccc(-c5cccc(-c6ccc7ccccc7c6)c5)cc4)cc3)c3cccc4c3oc3ccccc34)cc2)cc1. The van der Waals surface area contributed by atoms with Crippen LogP contribution < -0.4 is 4.90 Å². The van der Waals surface area contributed by atoms with Crippen molar-refractivity contribution < 1.29 is 4.42 Å². The molecule has 0 N–H and O–H groups in total. The average molecular weight is 766 g/mol. The number of rotatable bonds is 8. The van der Waals surface area contributed by atoms with E-state index >= 15 is 0 Å². The Kier molecular flexibility index (Phi) is 8.87. The van der Waals surface area contributed by atoms with Crippen LogP contribution >= 0.6 is 0 Å². The Morgan fingerprint density at radius 2 is 0.767 bits per heavy atom. The minimum atomic E-state index is 0.859. The molecule has 0 aliphatic heterocycles. The van der Waals surface area contributed by atoms with Crippen molar-refractivity contribution in [2.75, 3.05) is 4.90 Å². The van der Waals surface area contributed by atoms with Crippen LogP contribution in [0, 0.1) is 0 Å². The van der Waals surface area contributed by atoms with E-state index in [1.54, 1.807) is 0 Å². The van der Waals surface area contributed by atoms with Gasteiger partial charge in [0.25, 0.3) is 0 Å². The van der Waals surface area contributed by atoms with Gasteiger partial charge in [0.2, 0.25) is 0 Å². The summed E-state index contributed by atoms with van der Waals surface area (Å²) in [5.74, 6) is 0. The maximum atomic E-state index is 6.67. The van der Waals surface area contributed by atoms with Crippen molar-refractivity contribution in [1.82, 2.24) is 0 Å². The van der Waals surface area contributed by atoms with Gasteiger partial charge in [-0.15, -0.1) is 0 Å². The summed E-state index contributed by atoms with van der Waals surface area (Å²) in [6.07, 6.45) is 0. The zero-order valence-corrected chi connectivity index (χ0v) is 32.9. The van der Waals surface area contributed by atoms with E-state index in [2.05, 4.69) is 229 Å². The molecule has 10 aromatic carbocycles. The highest BCUT2D eigenvalue weighted by molar-refractivity contribution is 6.10. The van der Waals surface area contributed by atoms with Crippen LogP contribution in [0.15, 0.2) is 241 Å². The van der Waals surface area contributed by atoms with Gasteiger partial charge in [-0.3, -0.25) is 0 Å². The third kappa shape index (κ3) is 6.51. The van der Waals surface area contributed by atoms with Crippen LogP contribution in [-0.2, 0) is 0 Å². The first-order valence-electron chi connectivity index (χ1n) is 20.5.